The summed E-state index contributed by atoms with van der Waals surface area (Å²) < 4.78 is 13.3. The van der Waals surface area contributed by atoms with Crippen LogP contribution in [0, 0.1) is 5.82 Å². The Hall–Kier alpha value is -1.32. The van der Waals surface area contributed by atoms with E-state index in [1.165, 1.54) is 11.6 Å². The third kappa shape index (κ3) is 3.58. The highest BCUT2D eigenvalue weighted by molar-refractivity contribution is 7.98. The zero-order valence-electron chi connectivity index (χ0n) is 9.40. The van der Waals surface area contributed by atoms with Crippen LogP contribution in [0.2, 0.25) is 0 Å². The van der Waals surface area contributed by atoms with Crippen LogP contribution in [0.5, 0.6) is 0 Å². The van der Waals surface area contributed by atoms with Gasteiger partial charge in [-0.05, 0) is 29.3 Å². The first-order valence-electron chi connectivity index (χ1n) is 5.44. The standard InChI is InChI=1S/C14H14FNS/c15-13-6-12(9-16)7-14(8-13)17-10-11-4-2-1-3-5-11/h1-8H,9-10,16H2. The van der Waals surface area contributed by atoms with Crippen LogP contribution in [-0.4, -0.2) is 0 Å². The summed E-state index contributed by atoms with van der Waals surface area (Å²) >= 11 is 1.62. The summed E-state index contributed by atoms with van der Waals surface area (Å²) in [4.78, 5) is 0.925. The molecule has 2 aromatic rings. The SMILES string of the molecule is NCc1cc(F)cc(SCc2ccccc2)c1. The van der Waals surface area contributed by atoms with E-state index < -0.39 is 0 Å². The van der Waals surface area contributed by atoms with E-state index in [4.69, 9.17) is 5.73 Å². The number of nitrogens with two attached hydrogens (primary N) is 1. The quantitative estimate of drug-likeness (QED) is 0.836. The number of benzene rings is 2. The zero-order valence-corrected chi connectivity index (χ0v) is 10.2. The molecule has 0 unspecified atom stereocenters. The third-order valence-corrected chi connectivity index (χ3v) is 3.46. The molecule has 3 heteroatoms. The fraction of sp³-hybridized carbons (Fsp3) is 0.143. The van der Waals surface area contributed by atoms with Gasteiger partial charge in [-0.1, -0.05) is 30.3 Å². The molecule has 0 heterocycles. The summed E-state index contributed by atoms with van der Waals surface area (Å²) in [6, 6.07) is 15.1. The Kier molecular flexibility index (Phi) is 4.18. The van der Waals surface area contributed by atoms with E-state index in [0.717, 1.165) is 16.2 Å². The van der Waals surface area contributed by atoms with E-state index >= 15 is 0 Å². The fourth-order valence-corrected chi connectivity index (χ4v) is 2.52. The summed E-state index contributed by atoms with van der Waals surface area (Å²) in [7, 11) is 0. The van der Waals surface area contributed by atoms with Gasteiger partial charge < -0.3 is 5.73 Å². The minimum absolute atomic E-state index is 0.219. The molecule has 0 saturated heterocycles. The van der Waals surface area contributed by atoms with Crippen molar-refractivity contribution in [2.24, 2.45) is 5.73 Å². The second-order valence-electron chi connectivity index (χ2n) is 3.77. The Bertz CT molecular complexity index is 485. The topological polar surface area (TPSA) is 26.0 Å². The molecule has 0 aliphatic carbocycles. The van der Waals surface area contributed by atoms with Crippen molar-refractivity contribution in [1.82, 2.24) is 0 Å². The zero-order chi connectivity index (χ0) is 12.1. The van der Waals surface area contributed by atoms with Crippen molar-refractivity contribution in [3.05, 3.63) is 65.5 Å². The Morgan fingerprint density at radius 1 is 1.00 bits per heavy atom. The van der Waals surface area contributed by atoms with Gasteiger partial charge in [0.2, 0.25) is 0 Å². The number of rotatable bonds is 4. The van der Waals surface area contributed by atoms with Crippen LogP contribution in [-0.2, 0) is 12.3 Å². The van der Waals surface area contributed by atoms with Crippen molar-refractivity contribution in [3.63, 3.8) is 0 Å². The molecule has 88 valence electrons. The summed E-state index contributed by atoms with van der Waals surface area (Å²) in [5.41, 5.74) is 7.59. The summed E-state index contributed by atoms with van der Waals surface area (Å²) in [5.74, 6) is 0.623. The third-order valence-electron chi connectivity index (χ3n) is 2.42. The minimum atomic E-state index is -0.219. The predicted octanol–water partition coefficient (Wildman–Crippen LogP) is 3.58. The molecule has 2 aromatic carbocycles. The van der Waals surface area contributed by atoms with Gasteiger partial charge in [0.05, 0.1) is 0 Å². The second kappa shape index (κ2) is 5.84. The van der Waals surface area contributed by atoms with Gasteiger partial charge in [0, 0.05) is 17.2 Å². The molecule has 2 rings (SSSR count). The number of hydrogen-bond acceptors (Lipinski definition) is 2. The molecule has 0 atom stereocenters. The predicted molar refractivity (Wildman–Crippen MR) is 70.3 cm³/mol. The van der Waals surface area contributed by atoms with Crippen LogP contribution < -0.4 is 5.73 Å². The first-order valence-corrected chi connectivity index (χ1v) is 6.43. The fourth-order valence-electron chi connectivity index (χ4n) is 1.56. The van der Waals surface area contributed by atoms with Gasteiger partial charge in [0.25, 0.3) is 0 Å². The van der Waals surface area contributed by atoms with E-state index in [1.54, 1.807) is 17.8 Å². The highest BCUT2D eigenvalue weighted by Crippen LogP contribution is 2.24. The number of halogens is 1. The highest BCUT2D eigenvalue weighted by Gasteiger charge is 2.01. The van der Waals surface area contributed by atoms with E-state index in [9.17, 15) is 4.39 Å². The average molecular weight is 247 g/mol. The Morgan fingerprint density at radius 2 is 1.76 bits per heavy atom. The highest BCUT2D eigenvalue weighted by atomic mass is 32.2. The number of thioether (sulfide) groups is 1. The second-order valence-corrected chi connectivity index (χ2v) is 4.82. The Morgan fingerprint density at radius 3 is 2.47 bits per heavy atom. The lowest BCUT2D eigenvalue weighted by Crippen LogP contribution is -1.97. The molecular weight excluding hydrogens is 233 g/mol. The monoisotopic (exact) mass is 247 g/mol. The molecule has 0 bridgehead atoms. The van der Waals surface area contributed by atoms with Crippen LogP contribution in [0.25, 0.3) is 0 Å². The molecule has 0 aliphatic heterocycles. The molecule has 0 aromatic heterocycles. The lowest BCUT2D eigenvalue weighted by atomic mass is 10.2. The van der Waals surface area contributed by atoms with E-state index in [-0.39, 0.29) is 5.82 Å². The van der Waals surface area contributed by atoms with Gasteiger partial charge in [-0.15, -0.1) is 11.8 Å². The molecular formula is C14H14FNS. The van der Waals surface area contributed by atoms with Gasteiger partial charge in [-0.3, -0.25) is 0 Å². The van der Waals surface area contributed by atoms with Crippen LogP contribution in [0.4, 0.5) is 4.39 Å². The molecule has 0 spiro atoms. The van der Waals surface area contributed by atoms with E-state index in [2.05, 4.69) is 12.1 Å². The smallest absolute Gasteiger partial charge is 0.124 e. The normalized spacial score (nSPS) is 10.5. The van der Waals surface area contributed by atoms with E-state index in [1.807, 2.05) is 24.3 Å². The van der Waals surface area contributed by atoms with Crippen LogP contribution in [0.3, 0.4) is 0 Å². The largest absolute Gasteiger partial charge is 0.326 e. The molecule has 0 fully saturated rings. The van der Waals surface area contributed by atoms with E-state index in [0.29, 0.717) is 6.54 Å². The minimum Gasteiger partial charge on any atom is -0.326 e. The average Bonchev–Trinajstić information content (AvgIpc) is 2.37. The van der Waals surface area contributed by atoms with Crippen molar-refractivity contribution < 1.29 is 4.39 Å². The van der Waals surface area contributed by atoms with Gasteiger partial charge in [-0.2, -0.15) is 0 Å². The molecule has 0 amide bonds. The van der Waals surface area contributed by atoms with Crippen LogP contribution in [0.1, 0.15) is 11.1 Å². The number of hydrogen-bond donors (Lipinski definition) is 1. The van der Waals surface area contributed by atoms with Gasteiger partial charge >= 0.3 is 0 Å². The summed E-state index contributed by atoms with van der Waals surface area (Å²) in [5, 5.41) is 0. The first kappa shape index (κ1) is 12.1. The maximum Gasteiger partial charge on any atom is 0.124 e. The Labute approximate surface area is 105 Å². The van der Waals surface area contributed by atoms with Crippen molar-refractivity contribution in [2.75, 3.05) is 0 Å². The van der Waals surface area contributed by atoms with Gasteiger partial charge in [-0.25, -0.2) is 4.39 Å². The van der Waals surface area contributed by atoms with Crippen molar-refractivity contribution in [1.29, 1.82) is 0 Å². The van der Waals surface area contributed by atoms with Gasteiger partial charge in [0.15, 0.2) is 0 Å². The lowest BCUT2D eigenvalue weighted by molar-refractivity contribution is 0.621. The molecule has 17 heavy (non-hydrogen) atoms. The Balaban J connectivity index is 2.06. The van der Waals surface area contributed by atoms with Gasteiger partial charge in [0.1, 0.15) is 5.82 Å². The van der Waals surface area contributed by atoms with Crippen molar-refractivity contribution >= 4 is 11.8 Å². The lowest BCUT2D eigenvalue weighted by Gasteiger charge is -2.04. The maximum absolute atomic E-state index is 13.3. The molecule has 1 nitrogen and oxygen atoms in total. The van der Waals surface area contributed by atoms with Crippen molar-refractivity contribution in [3.8, 4) is 0 Å². The van der Waals surface area contributed by atoms with Crippen LogP contribution >= 0.6 is 11.8 Å². The molecule has 0 saturated carbocycles. The van der Waals surface area contributed by atoms with Crippen LogP contribution in [0.15, 0.2) is 53.4 Å². The summed E-state index contributed by atoms with van der Waals surface area (Å²) in [6.45, 7) is 0.372. The maximum atomic E-state index is 13.3. The summed E-state index contributed by atoms with van der Waals surface area (Å²) in [6.07, 6.45) is 0. The molecule has 0 aliphatic rings. The molecule has 2 N–H and O–H groups in total. The molecule has 0 radical (unpaired) electrons. The van der Waals surface area contributed by atoms with Crippen molar-refractivity contribution in [2.45, 2.75) is 17.2 Å². The first-order chi connectivity index (χ1) is 8.28.